The third-order valence-corrected chi connectivity index (χ3v) is 5.66. The van der Waals surface area contributed by atoms with Gasteiger partial charge in [0.1, 0.15) is 18.7 Å². The van der Waals surface area contributed by atoms with Crippen molar-refractivity contribution in [2.75, 3.05) is 6.61 Å². The quantitative estimate of drug-likeness (QED) is 0.531. The number of amides is 2. The second-order valence-electron chi connectivity index (χ2n) is 8.39. The van der Waals surface area contributed by atoms with Crippen molar-refractivity contribution in [3.05, 3.63) is 59.7 Å². The van der Waals surface area contributed by atoms with E-state index in [0.717, 1.165) is 22.3 Å². The van der Waals surface area contributed by atoms with Gasteiger partial charge < -0.3 is 20.5 Å². The highest BCUT2D eigenvalue weighted by Gasteiger charge is 2.43. The van der Waals surface area contributed by atoms with Crippen LogP contribution in [0.25, 0.3) is 11.1 Å². The third-order valence-electron chi connectivity index (χ3n) is 5.66. The van der Waals surface area contributed by atoms with E-state index in [1.807, 2.05) is 48.5 Å². The first-order valence-corrected chi connectivity index (χ1v) is 10.7. The molecule has 2 atom stereocenters. The normalized spacial score (nSPS) is 14.6. The number of hydrogen-bond donors (Lipinski definition) is 3. The summed E-state index contributed by atoms with van der Waals surface area (Å²) in [6.45, 7) is 3.04. The molecule has 1 aliphatic rings. The molecule has 0 aliphatic heterocycles. The van der Waals surface area contributed by atoms with Gasteiger partial charge in [-0.05, 0) is 28.2 Å². The Balaban J connectivity index is 1.67. The first-order chi connectivity index (χ1) is 16.0. The minimum atomic E-state index is -4.96. The second-order valence-corrected chi connectivity index (χ2v) is 8.39. The molecule has 34 heavy (non-hydrogen) atoms. The van der Waals surface area contributed by atoms with Gasteiger partial charge in [-0.25, -0.2) is 4.79 Å². The van der Waals surface area contributed by atoms with Crippen LogP contribution in [0.2, 0.25) is 0 Å². The van der Waals surface area contributed by atoms with Gasteiger partial charge in [-0.2, -0.15) is 13.2 Å². The van der Waals surface area contributed by atoms with E-state index in [9.17, 15) is 27.6 Å². The van der Waals surface area contributed by atoms with Crippen LogP contribution in [-0.2, 0) is 14.3 Å². The zero-order valence-electron chi connectivity index (χ0n) is 18.6. The highest BCUT2D eigenvalue weighted by Crippen LogP contribution is 2.44. The van der Waals surface area contributed by atoms with Crippen LogP contribution in [0, 0.1) is 5.92 Å². The lowest BCUT2D eigenvalue weighted by Gasteiger charge is -2.26. The predicted molar refractivity (Wildman–Crippen MR) is 117 cm³/mol. The molecule has 0 aromatic heterocycles. The predicted octanol–water partition coefficient (Wildman–Crippen LogP) is 4.07. The summed E-state index contributed by atoms with van der Waals surface area (Å²) in [4.78, 5) is 35.7. The van der Waals surface area contributed by atoms with Gasteiger partial charge in [-0.3, -0.25) is 9.59 Å². The van der Waals surface area contributed by atoms with Gasteiger partial charge in [0.2, 0.25) is 5.91 Å². The average molecular weight is 478 g/mol. The Kier molecular flexibility index (Phi) is 7.48. The number of halogens is 3. The Labute approximate surface area is 194 Å². The molecule has 0 saturated carbocycles. The lowest BCUT2D eigenvalue weighted by molar-refractivity contribution is -0.170. The fraction of sp³-hybridized carbons (Fsp3) is 0.375. The molecule has 182 valence electrons. The number of nitrogens with one attached hydrogen (secondary N) is 2. The molecular weight excluding hydrogens is 453 g/mol. The Hall–Kier alpha value is -3.56. The Bertz CT molecular complexity index is 1030. The summed E-state index contributed by atoms with van der Waals surface area (Å²) in [5.41, 5.74) is 4.03. The minimum absolute atomic E-state index is 0.0313. The van der Waals surface area contributed by atoms with Gasteiger partial charge in [0.25, 0.3) is 0 Å². The number of alkyl halides is 3. The molecule has 1 aliphatic carbocycles. The van der Waals surface area contributed by atoms with Crippen molar-refractivity contribution in [2.24, 2.45) is 5.92 Å². The largest absolute Gasteiger partial charge is 0.481 e. The summed E-state index contributed by atoms with van der Waals surface area (Å²) in [7, 11) is 0. The number of carbonyl (C=O) groups is 3. The molecule has 3 rings (SSSR count). The van der Waals surface area contributed by atoms with Crippen LogP contribution in [0.4, 0.5) is 18.0 Å². The lowest BCUT2D eigenvalue weighted by atomic mass is 9.98. The number of benzene rings is 2. The zero-order chi connectivity index (χ0) is 25.0. The van der Waals surface area contributed by atoms with E-state index in [2.05, 4.69) is 5.32 Å². The van der Waals surface area contributed by atoms with E-state index in [1.165, 1.54) is 13.8 Å². The van der Waals surface area contributed by atoms with Crippen LogP contribution < -0.4 is 10.6 Å². The minimum Gasteiger partial charge on any atom is -0.481 e. The fourth-order valence-electron chi connectivity index (χ4n) is 3.99. The SMILES string of the molecule is CC(C)C(NC(=O)OCC1c2ccccc2-c2ccccc21)C(=O)NC(CC(=O)O)C(F)(F)F. The maximum atomic E-state index is 13.1. The topological polar surface area (TPSA) is 105 Å². The van der Waals surface area contributed by atoms with Crippen molar-refractivity contribution in [2.45, 2.75) is 44.4 Å². The monoisotopic (exact) mass is 478 g/mol. The fourth-order valence-corrected chi connectivity index (χ4v) is 3.99. The Morgan fingerprint density at radius 3 is 1.97 bits per heavy atom. The molecule has 0 spiro atoms. The van der Waals surface area contributed by atoms with Crippen molar-refractivity contribution in [3.63, 3.8) is 0 Å². The van der Waals surface area contributed by atoms with Gasteiger partial charge in [0, 0.05) is 5.92 Å². The Morgan fingerprint density at radius 2 is 1.50 bits per heavy atom. The highest BCUT2D eigenvalue weighted by molar-refractivity contribution is 5.86. The van der Waals surface area contributed by atoms with Crippen molar-refractivity contribution in [1.29, 1.82) is 0 Å². The van der Waals surface area contributed by atoms with Crippen molar-refractivity contribution >= 4 is 18.0 Å². The molecule has 2 unspecified atom stereocenters. The maximum absolute atomic E-state index is 13.1. The van der Waals surface area contributed by atoms with Crippen molar-refractivity contribution in [3.8, 4) is 11.1 Å². The van der Waals surface area contributed by atoms with Crippen LogP contribution in [0.5, 0.6) is 0 Å². The summed E-state index contributed by atoms with van der Waals surface area (Å²) in [6.07, 6.45) is -7.25. The standard InChI is InChI=1S/C24H25F3N2O5/c1-13(2)21(22(32)28-19(11-20(30)31)24(25,26)27)29-23(33)34-12-18-16-9-5-3-7-14(16)15-8-4-6-10-17(15)18/h3-10,13,18-19,21H,11-12H2,1-2H3,(H,28,32)(H,29,33)(H,30,31). The molecule has 10 heteroatoms. The van der Waals surface area contributed by atoms with Crippen LogP contribution in [0.15, 0.2) is 48.5 Å². The molecule has 2 aromatic carbocycles. The molecule has 0 radical (unpaired) electrons. The van der Waals surface area contributed by atoms with E-state index in [1.54, 1.807) is 5.32 Å². The highest BCUT2D eigenvalue weighted by atomic mass is 19.4. The maximum Gasteiger partial charge on any atom is 0.409 e. The number of fused-ring (bicyclic) bond motifs is 3. The first kappa shape index (κ1) is 25.1. The van der Waals surface area contributed by atoms with Crippen molar-refractivity contribution < 1.29 is 37.4 Å². The number of hydrogen-bond acceptors (Lipinski definition) is 4. The smallest absolute Gasteiger partial charge is 0.409 e. The summed E-state index contributed by atoms with van der Waals surface area (Å²) >= 11 is 0. The molecular formula is C24H25F3N2O5. The molecule has 7 nitrogen and oxygen atoms in total. The lowest BCUT2D eigenvalue weighted by Crippen LogP contribution is -2.55. The zero-order valence-corrected chi connectivity index (χ0v) is 18.6. The number of carboxylic acid groups (broad SMARTS) is 1. The molecule has 0 heterocycles. The summed E-state index contributed by atoms with van der Waals surface area (Å²) in [5, 5.41) is 12.7. The number of rotatable bonds is 8. The summed E-state index contributed by atoms with van der Waals surface area (Å²) < 4.78 is 44.7. The average Bonchev–Trinajstić information content (AvgIpc) is 3.08. The molecule has 0 fully saturated rings. The number of carboxylic acids is 1. The van der Waals surface area contributed by atoms with E-state index in [-0.39, 0.29) is 12.5 Å². The van der Waals surface area contributed by atoms with Gasteiger partial charge in [0.05, 0.1) is 6.42 Å². The van der Waals surface area contributed by atoms with Crippen LogP contribution >= 0.6 is 0 Å². The second kappa shape index (κ2) is 10.1. The van der Waals surface area contributed by atoms with Crippen LogP contribution in [-0.4, -0.2) is 47.9 Å². The summed E-state index contributed by atoms with van der Waals surface area (Å²) in [6, 6.07) is 11.5. The molecule has 0 bridgehead atoms. The first-order valence-electron chi connectivity index (χ1n) is 10.7. The molecule has 3 N–H and O–H groups in total. The van der Waals surface area contributed by atoms with Gasteiger partial charge >= 0.3 is 18.2 Å². The van der Waals surface area contributed by atoms with Gasteiger partial charge in [0.15, 0.2) is 0 Å². The van der Waals surface area contributed by atoms with Crippen molar-refractivity contribution in [1.82, 2.24) is 10.6 Å². The van der Waals surface area contributed by atoms with Gasteiger partial charge in [-0.1, -0.05) is 62.4 Å². The van der Waals surface area contributed by atoms with E-state index < -0.39 is 48.6 Å². The van der Waals surface area contributed by atoms with Gasteiger partial charge in [-0.15, -0.1) is 0 Å². The number of alkyl carbamates (subject to hydrolysis) is 1. The van der Waals surface area contributed by atoms with E-state index >= 15 is 0 Å². The molecule has 2 amide bonds. The number of aliphatic carboxylic acids is 1. The number of carbonyl (C=O) groups excluding carboxylic acids is 2. The van der Waals surface area contributed by atoms with E-state index in [0.29, 0.717) is 0 Å². The molecule has 2 aromatic rings. The number of ether oxygens (including phenoxy) is 1. The Morgan fingerprint density at radius 1 is 0.971 bits per heavy atom. The van der Waals surface area contributed by atoms with E-state index in [4.69, 9.17) is 9.84 Å². The van der Waals surface area contributed by atoms with Crippen LogP contribution in [0.1, 0.15) is 37.3 Å². The molecule has 0 saturated heterocycles. The third kappa shape index (κ3) is 5.67. The summed E-state index contributed by atoms with van der Waals surface area (Å²) in [5.74, 6) is -3.67. The van der Waals surface area contributed by atoms with Crippen LogP contribution in [0.3, 0.4) is 0 Å².